The molecule has 0 aliphatic heterocycles. The molecular weight excluding hydrogens is 316 g/mol. The van der Waals surface area contributed by atoms with E-state index in [0.717, 1.165) is 11.3 Å². The molecule has 0 aliphatic carbocycles. The summed E-state index contributed by atoms with van der Waals surface area (Å²) in [6.45, 7) is 3.17. The number of thiophene rings is 1. The van der Waals surface area contributed by atoms with Crippen LogP contribution in [-0.2, 0) is 19.6 Å². The summed E-state index contributed by atoms with van der Waals surface area (Å²) >= 11 is 1.03. The van der Waals surface area contributed by atoms with Crippen LogP contribution < -0.4 is 10.0 Å². The van der Waals surface area contributed by atoms with Crippen molar-refractivity contribution in [3.8, 4) is 0 Å². The van der Waals surface area contributed by atoms with Gasteiger partial charge in [0.25, 0.3) is 10.0 Å². The van der Waals surface area contributed by atoms with Gasteiger partial charge in [-0.05, 0) is 23.8 Å². The van der Waals surface area contributed by atoms with Gasteiger partial charge in [-0.15, -0.1) is 11.3 Å². The molecule has 118 valence electrons. The highest BCUT2D eigenvalue weighted by atomic mass is 32.2. The van der Waals surface area contributed by atoms with Gasteiger partial charge in [0.1, 0.15) is 10.3 Å². The summed E-state index contributed by atoms with van der Waals surface area (Å²) in [5.74, 6) is -1.73. The molecule has 0 saturated heterocycles. The van der Waals surface area contributed by atoms with E-state index in [9.17, 15) is 18.0 Å². The SMILES string of the molecule is CC(C)CC(NC(=O)CNS(=O)(=O)c1cccs1)C(=O)O. The van der Waals surface area contributed by atoms with Gasteiger partial charge in [0.15, 0.2) is 0 Å². The van der Waals surface area contributed by atoms with Gasteiger partial charge in [-0.3, -0.25) is 4.79 Å². The molecule has 7 nitrogen and oxygen atoms in total. The Morgan fingerprint density at radius 2 is 2.05 bits per heavy atom. The zero-order valence-electron chi connectivity index (χ0n) is 11.7. The highest BCUT2D eigenvalue weighted by molar-refractivity contribution is 7.91. The van der Waals surface area contributed by atoms with Crippen LogP contribution in [0, 0.1) is 5.92 Å². The highest BCUT2D eigenvalue weighted by Gasteiger charge is 2.22. The lowest BCUT2D eigenvalue weighted by Gasteiger charge is -2.16. The number of sulfonamides is 1. The van der Waals surface area contributed by atoms with E-state index in [1.54, 1.807) is 11.4 Å². The lowest BCUT2D eigenvalue weighted by Crippen LogP contribution is -2.46. The Balaban J connectivity index is 2.55. The zero-order chi connectivity index (χ0) is 16.0. The van der Waals surface area contributed by atoms with Crippen molar-refractivity contribution in [3.63, 3.8) is 0 Å². The highest BCUT2D eigenvalue weighted by Crippen LogP contribution is 2.14. The second kappa shape index (κ2) is 7.53. The van der Waals surface area contributed by atoms with Gasteiger partial charge in [0.05, 0.1) is 6.54 Å². The first-order chi connectivity index (χ1) is 9.72. The van der Waals surface area contributed by atoms with Crippen molar-refractivity contribution in [3.05, 3.63) is 17.5 Å². The molecule has 21 heavy (non-hydrogen) atoms. The molecule has 0 bridgehead atoms. The van der Waals surface area contributed by atoms with Crippen molar-refractivity contribution in [2.24, 2.45) is 5.92 Å². The van der Waals surface area contributed by atoms with E-state index in [4.69, 9.17) is 5.11 Å². The lowest BCUT2D eigenvalue weighted by atomic mass is 10.0. The van der Waals surface area contributed by atoms with Crippen molar-refractivity contribution in [2.45, 2.75) is 30.5 Å². The molecule has 0 radical (unpaired) electrons. The van der Waals surface area contributed by atoms with E-state index in [1.165, 1.54) is 6.07 Å². The van der Waals surface area contributed by atoms with Crippen molar-refractivity contribution in [2.75, 3.05) is 6.54 Å². The molecule has 1 unspecified atom stereocenters. The number of hydrogen-bond acceptors (Lipinski definition) is 5. The van der Waals surface area contributed by atoms with E-state index in [0.29, 0.717) is 0 Å². The standard InChI is InChI=1S/C12H18N2O5S2/c1-8(2)6-9(12(16)17)14-10(15)7-13-21(18,19)11-4-3-5-20-11/h3-5,8-9,13H,6-7H2,1-2H3,(H,14,15)(H,16,17). The first kappa shape index (κ1) is 17.6. The maximum atomic E-state index is 11.8. The molecule has 1 amide bonds. The van der Waals surface area contributed by atoms with Crippen molar-refractivity contribution in [1.82, 2.24) is 10.0 Å². The maximum absolute atomic E-state index is 11.8. The minimum Gasteiger partial charge on any atom is -0.480 e. The topological polar surface area (TPSA) is 113 Å². The Labute approximate surface area is 127 Å². The molecule has 0 aliphatic rings. The Morgan fingerprint density at radius 3 is 2.52 bits per heavy atom. The van der Waals surface area contributed by atoms with Crippen LogP contribution in [0.15, 0.2) is 21.7 Å². The Morgan fingerprint density at radius 1 is 1.38 bits per heavy atom. The Hall–Kier alpha value is -1.45. The summed E-state index contributed by atoms with van der Waals surface area (Å²) in [4.78, 5) is 22.7. The normalized spacial score (nSPS) is 13.1. The molecular formula is C12H18N2O5S2. The van der Waals surface area contributed by atoms with Crippen LogP contribution in [0.25, 0.3) is 0 Å². The number of carboxylic acid groups (broad SMARTS) is 1. The van der Waals surface area contributed by atoms with Gasteiger partial charge in [-0.2, -0.15) is 0 Å². The van der Waals surface area contributed by atoms with Crippen molar-refractivity contribution in [1.29, 1.82) is 0 Å². The largest absolute Gasteiger partial charge is 0.480 e. The number of nitrogens with one attached hydrogen (secondary N) is 2. The second-order valence-electron chi connectivity index (χ2n) is 4.84. The summed E-state index contributed by atoms with van der Waals surface area (Å²) in [6.07, 6.45) is 0.277. The molecule has 0 saturated carbocycles. The zero-order valence-corrected chi connectivity index (χ0v) is 13.3. The average Bonchev–Trinajstić information content (AvgIpc) is 2.89. The monoisotopic (exact) mass is 334 g/mol. The number of hydrogen-bond donors (Lipinski definition) is 3. The van der Waals surface area contributed by atoms with Gasteiger partial charge in [-0.25, -0.2) is 17.9 Å². The van der Waals surface area contributed by atoms with Gasteiger partial charge in [0, 0.05) is 0 Å². The summed E-state index contributed by atoms with van der Waals surface area (Å²) in [7, 11) is -3.73. The first-order valence-electron chi connectivity index (χ1n) is 6.27. The van der Waals surface area contributed by atoms with Crippen LogP contribution >= 0.6 is 11.3 Å². The number of carbonyl (C=O) groups excluding carboxylic acids is 1. The number of rotatable bonds is 8. The molecule has 0 spiro atoms. The van der Waals surface area contributed by atoms with Crippen LogP contribution in [0.5, 0.6) is 0 Å². The fourth-order valence-corrected chi connectivity index (χ4v) is 3.61. The second-order valence-corrected chi connectivity index (χ2v) is 7.79. The third-order valence-corrected chi connectivity index (χ3v) is 5.32. The van der Waals surface area contributed by atoms with E-state index < -0.39 is 34.5 Å². The van der Waals surface area contributed by atoms with E-state index in [-0.39, 0.29) is 16.5 Å². The summed E-state index contributed by atoms with van der Waals surface area (Å²) in [5, 5.41) is 12.9. The molecule has 1 atom stereocenters. The Kier molecular flexibility index (Phi) is 6.31. The average molecular weight is 334 g/mol. The smallest absolute Gasteiger partial charge is 0.326 e. The molecule has 0 aromatic carbocycles. The van der Waals surface area contributed by atoms with Crippen molar-refractivity contribution >= 4 is 33.2 Å². The molecule has 1 heterocycles. The molecule has 1 rings (SSSR count). The minimum atomic E-state index is -3.73. The van der Waals surface area contributed by atoms with Crippen LogP contribution in [0.4, 0.5) is 0 Å². The molecule has 3 N–H and O–H groups in total. The van der Waals surface area contributed by atoms with Crippen LogP contribution in [0.2, 0.25) is 0 Å². The van der Waals surface area contributed by atoms with Gasteiger partial charge in [0.2, 0.25) is 5.91 Å². The Bertz CT molecular complexity index is 581. The predicted molar refractivity (Wildman–Crippen MR) is 78.5 cm³/mol. The summed E-state index contributed by atoms with van der Waals surface area (Å²) < 4.78 is 25.8. The lowest BCUT2D eigenvalue weighted by molar-refractivity contribution is -0.142. The van der Waals surface area contributed by atoms with Crippen LogP contribution in [-0.4, -0.2) is 38.0 Å². The molecule has 0 fully saturated rings. The maximum Gasteiger partial charge on any atom is 0.326 e. The molecule has 9 heteroatoms. The predicted octanol–water partition coefficient (Wildman–Crippen LogP) is 0.642. The third-order valence-electron chi connectivity index (χ3n) is 2.52. The fraction of sp³-hybridized carbons (Fsp3) is 0.500. The van der Waals surface area contributed by atoms with E-state index >= 15 is 0 Å². The summed E-state index contributed by atoms with van der Waals surface area (Å²) in [5.41, 5.74) is 0. The first-order valence-corrected chi connectivity index (χ1v) is 8.64. The quantitative estimate of drug-likeness (QED) is 0.646. The van der Waals surface area contributed by atoms with Crippen LogP contribution in [0.3, 0.4) is 0 Å². The number of carboxylic acids is 1. The molecule has 1 aromatic heterocycles. The third kappa shape index (κ3) is 5.82. The fourth-order valence-electron chi connectivity index (χ4n) is 1.59. The number of carbonyl (C=O) groups is 2. The van der Waals surface area contributed by atoms with Gasteiger partial charge in [-0.1, -0.05) is 19.9 Å². The number of aliphatic carboxylic acids is 1. The van der Waals surface area contributed by atoms with E-state index in [1.807, 2.05) is 13.8 Å². The van der Waals surface area contributed by atoms with Crippen LogP contribution in [0.1, 0.15) is 20.3 Å². The van der Waals surface area contributed by atoms with Gasteiger partial charge >= 0.3 is 5.97 Å². The van der Waals surface area contributed by atoms with Crippen molar-refractivity contribution < 1.29 is 23.1 Å². The summed E-state index contributed by atoms with van der Waals surface area (Å²) in [6, 6.07) is 1.98. The minimum absolute atomic E-state index is 0.0919. The number of amides is 1. The molecule has 1 aromatic rings. The van der Waals surface area contributed by atoms with Gasteiger partial charge < -0.3 is 10.4 Å². The van der Waals surface area contributed by atoms with E-state index in [2.05, 4.69) is 10.0 Å².